The van der Waals surface area contributed by atoms with Crippen molar-refractivity contribution in [2.45, 2.75) is 51.9 Å². The van der Waals surface area contributed by atoms with Crippen molar-refractivity contribution in [3.05, 3.63) is 17.5 Å². The maximum Gasteiger partial charge on any atom is 0.226 e. The Bertz CT molecular complexity index is 533. The Morgan fingerprint density at radius 3 is 2.65 bits per heavy atom. The van der Waals surface area contributed by atoms with E-state index in [0.717, 1.165) is 0 Å². The molecule has 1 heterocycles. The van der Waals surface area contributed by atoms with Crippen molar-refractivity contribution in [2.24, 2.45) is 0 Å². The van der Waals surface area contributed by atoms with E-state index in [1.165, 1.54) is 0 Å². The largest absolute Gasteiger partial charge is 0.383 e. The third-order valence-electron chi connectivity index (χ3n) is 3.00. The van der Waals surface area contributed by atoms with Gasteiger partial charge in [-0.2, -0.15) is 9.97 Å². The fraction of sp³-hybridized carbons (Fsp3) is 0.615. The number of nitrogens with one attached hydrogen (secondary N) is 1. The predicted octanol–water partition coefficient (Wildman–Crippen LogP) is 2.17. The van der Waals surface area contributed by atoms with E-state index in [1.54, 1.807) is 6.92 Å². The molecule has 0 saturated heterocycles. The van der Waals surface area contributed by atoms with Gasteiger partial charge in [-0.25, -0.2) is 13.8 Å². The van der Waals surface area contributed by atoms with Crippen molar-refractivity contribution >= 4 is 11.5 Å². The normalized spacial score (nSPS) is 23.4. The topological polar surface area (TPSA) is 70.9 Å². The molecular formula is C13H18F2N4O. The quantitative estimate of drug-likeness (QED) is 0.890. The standard InChI is InChI=1S/C13H18F2N4O/c1-6(2)16-13-18-7(3)17-12(19-13)8-4-5-9(14)11(20)10(8)15/h6,9,11,20H,4-5H2,1-3H3,(H,16,17,18,19). The van der Waals surface area contributed by atoms with Crippen molar-refractivity contribution in [1.82, 2.24) is 15.0 Å². The minimum Gasteiger partial charge on any atom is -0.383 e. The van der Waals surface area contributed by atoms with Crippen molar-refractivity contribution in [1.29, 1.82) is 0 Å². The third kappa shape index (κ3) is 3.09. The van der Waals surface area contributed by atoms with Gasteiger partial charge >= 0.3 is 0 Å². The maximum absolute atomic E-state index is 14.0. The highest BCUT2D eigenvalue weighted by atomic mass is 19.1. The van der Waals surface area contributed by atoms with Crippen LogP contribution in [0.25, 0.3) is 5.57 Å². The van der Waals surface area contributed by atoms with Crippen LogP contribution in [0.5, 0.6) is 0 Å². The summed E-state index contributed by atoms with van der Waals surface area (Å²) in [6.45, 7) is 5.53. The third-order valence-corrected chi connectivity index (χ3v) is 3.00. The van der Waals surface area contributed by atoms with Crippen LogP contribution in [-0.2, 0) is 0 Å². The van der Waals surface area contributed by atoms with Crippen LogP contribution in [0.3, 0.4) is 0 Å². The first-order chi connectivity index (χ1) is 9.38. The molecule has 0 bridgehead atoms. The summed E-state index contributed by atoms with van der Waals surface area (Å²) in [5.74, 6) is 0.0592. The van der Waals surface area contributed by atoms with Gasteiger partial charge in [0.05, 0.1) is 0 Å². The molecule has 1 aromatic rings. The lowest BCUT2D eigenvalue weighted by molar-refractivity contribution is 0.0777. The van der Waals surface area contributed by atoms with E-state index < -0.39 is 18.1 Å². The van der Waals surface area contributed by atoms with E-state index in [9.17, 15) is 13.9 Å². The van der Waals surface area contributed by atoms with Crippen molar-refractivity contribution in [3.63, 3.8) is 0 Å². The summed E-state index contributed by atoms with van der Waals surface area (Å²) in [7, 11) is 0. The molecule has 20 heavy (non-hydrogen) atoms. The van der Waals surface area contributed by atoms with E-state index in [2.05, 4.69) is 20.3 Å². The number of rotatable bonds is 3. The molecule has 0 radical (unpaired) electrons. The number of aryl methyl sites for hydroxylation is 1. The highest BCUT2D eigenvalue weighted by Gasteiger charge is 2.32. The van der Waals surface area contributed by atoms with Gasteiger partial charge in [0, 0.05) is 11.6 Å². The average Bonchev–Trinajstić information content (AvgIpc) is 2.34. The van der Waals surface area contributed by atoms with Gasteiger partial charge in [-0.3, -0.25) is 0 Å². The first-order valence-electron chi connectivity index (χ1n) is 6.58. The molecule has 0 fully saturated rings. The van der Waals surface area contributed by atoms with Crippen LogP contribution < -0.4 is 5.32 Å². The molecule has 0 aromatic carbocycles. The molecule has 0 aliphatic heterocycles. The summed E-state index contributed by atoms with van der Waals surface area (Å²) in [5.41, 5.74) is 0.156. The first kappa shape index (κ1) is 14.8. The molecule has 1 aliphatic carbocycles. The number of aliphatic hydroxyl groups excluding tert-OH is 1. The molecule has 0 saturated carbocycles. The fourth-order valence-electron chi connectivity index (χ4n) is 2.05. The number of hydrogen-bond donors (Lipinski definition) is 2. The zero-order valence-electron chi connectivity index (χ0n) is 11.7. The van der Waals surface area contributed by atoms with Gasteiger partial charge < -0.3 is 10.4 Å². The maximum atomic E-state index is 14.0. The second-order valence-corrected chi connectivity index (χ2v) is 5.15. The van der Waals surface area contributed by atoms with E-state index in [-0.39, 0.29) is 30.3 Å². The second kappa shape index (κ2) is 5.78. The van der Waals surface area contributed by atoms with Gasteiger partial charge in [0.2, 0.25) is 5.95 Å². The van der Waals surface area contributed by atoms with Gasteiger partial charge in [-0.05, 0) is 33.6 Å². The molecule has 2 N–H and O–H groups in total. The Labute approximate surface area is 116 Å². The molecule has 1 aliphatic rings. The lowest BCUT2D eigenvalue weighted by atomic mass is 9.94. The SMILES string of the molecule is Cc1nc(NC(C)C)nc(C2=C(F)C(O)C(F)CC2)n1. The predicted molar refractivity (Wildman–Crippen MR) is 71.5 cm³/mol. The highest BCUT2D eigenvalue weighted by molar-refractivity contribution is 5.64. The van der Waals surface area contributed by atoms with Crippen molar-refractivity contribution < 1.29 is 13.9 Å². The molecule has 5 nitrogen and oxygen atoms in total. The Balaban J connectivity index is 2.39. The fourth-order valence-corrected chi connectivity index (χ4v) is 2.05. The number of allylic oxidation sites excluding steroid dienone is 1. The summed E-state index contributed by atoms with van der Waals surface area (Å²) in [4.78, 5) is 12.3. The number of halogens is 2. The minimum absolute atomic E-state index is 0.0571. The lowest BCUT2D eigenvalue weighted by Crippen LogP contribution is -2.27. The van der Waals surface area contributed by atoms with Gasteiger partial charge in [0.15, 0.2) is 5.82 Å². The first-order valence-corrected chi connectivity index (χ1v) is 6.58. The molecular weight excluding hydrogens is 266 g/mol. The van der Waals surface area contributed by atoms with E-state index in [4.69, 9.17) is 0 Å². The van der Waals surface area contributed by atoms with Crippen LogP contribution in [0.4, 0.5) is 14.7 Å². The van der Waals surface area contributed by atoms with Crippen LogP contribution >= 0.6 is 0 Å². The zero-order valence-corrected chi connectivity index (χ0v) is 11.7. The number of nitrogens with zero attached hydrogens (tertiary/aromatic N) is 3. The van der Waals surface area contributed by atoms with Crippen molar-refractivity contribution in [3.8, 4) is 0 Å². The van der Waals surface area contributed by atoms with Crippen LogP contribution in [0.2, 0.25) is 0 Å². The molecule has 2 unspecified atom stereocenters. The molecule has 110 valence electrons. The minimum atomic E-state index is -1.72. The number of aliphatic hydroxyl groups is 1. The summed E-state index contributed by atoms with van der Waals surface area (Å²) in [6, 6.07) is 0.121. The summed E-state index contributed by atoms with van der Waals surface area (Å²) < 4.78 is 27.2. The van der Waals surface area contributed by atoms with Crippen molar-refractivity contribution in [2.75, 3.05) is 5.32 Å². The average molecular weight is 284 g/mol. The van der Waals surface area contributed by atoms with Gasteiger partial charge in [0.1, 0.15) is 23.9 Å². The molecule has 0 amide bonds. The second-order valence-electron chi connectivity index (χ2n) is 5.15. The molecule has 0 spiro atoms. The summed E-state index contributed by atoms with van der Waals surface area (Å²) in [5, 5.41) is 12.5. The van der Waals surface area contributed by atoms with E-state index >= 15 is 0 Å². The van der Waals surface area contributed by atoms with Crippen LogP contribution in [0.1, 0.15) is 38.3 Å². The van der Waals surface area contributed by atoms with Gasteiger partial charge in [-0.15, -0.1) is 0 Å². The number of aromatic nitrogens is 3. The van der Waals surface area contributed by atoms with Gasteiger partial charge in [-0.1, -0.05) is 0 Å². The van der Waals surface area contributed by atoms with Crippen LogP contribution in [-0.4, -0.2) is 38.4 Å². The molecule has 1 aromatic heterocycles. The molecule has 2 atom stereocenters. The Morgan fingerprint density at radius 2 is 2.00 bits per heavy atom. The Kier molecular flexibility index (Phi) is 4.27. The lowest BCUT2D eigenvalue weighted by Gasteiger charge is -2.22. The van der Waals surface area contributed by atoms with Crippen LogP contribution in [0.15, 0.2) is 5.83 Å². The highest BCUT2D eigenvalue weighted by Crippen LogP contribution is 2.33. The van der Waals surface area contributed by atoms with E-state index in [0.29, 0.717) is 11.8 Å². The number of alkyl halides is 1. The van der Waals surface area contributed by atoms with Crippen LogP contribution in [0, 0.1) is 6.92 Å². The molecule has 7 heteroatoms. The Morgan fingerprint density at radius 1 is 1.30 bits per heavy atom. The monoisotopic (exact) mass is 284 g/mol. The zero-order chi connectivity index (χ0) is 14.9. The molecule has 2 rings (SSSR count). The number of anilines is 1. The summed E-state index contributed by atoms with van der Waals surface area (Å²) >= 11 is 0. The Hall–Kier alpha value is -1.63. The number of hydrogen-bond acceptors (Lipinski definition) is 5. The smallest absolute Gasteiger partial charge is 0.226 e. The van der Waals surface area contributed by atoms with E-state index in [1.807, 2.05) is 13.8 Å². The summed E-state index contributed by atoms with van der Waals surface area (Å²) in [6.07, 6.45) is -3.08. The van der Waals surface area contributed by atoms with Gasteiger partial charge in [0.25, 0.3) is 0 Å².